The number of aryl methyl sites for hydroxylation is 1. The fraction of sp³-hybridized carbons (Fsp3) is 0.400. The maximum absolute atomic E-state index is 13.4. The highest BCUT2D eigenvalue weighted by atomic mass is 19.4. The molecule has 0 saturated heterocycles. The van der Waals surface area contributed by atoms with Crippen LogP contribution in [0.2, 0.25) is 0 Å². The zero-order valence-electron chi connectivity index (χ0n) is 14.3. The van der Waals surface area contributed by atoms with Gasteiger partial charge in [0.15, 0.2) is 17.3 Å². The lowest BCUT2D eigenvalue weighted by atomic mass is 10.1. The summed E-state index contributed by atoms with van der Waals surface area (Å²) < 4.78 is 44.3. The van der Waals surface area contributed by atoms with Gasteiger partial charge in [0, 0.05) is 19.2 Å². The number of alkyl halides is 3. The minimum absolute atomic E-state index is 0.0869. The molecule has 4 aromatic heterocycles. The van der Waals surface area contributed by atoms with Crippen LogP contribution in [-0.4, -0.2) is 51.4 Å². The van der Waals surface area contributed by atoms with Gasteiger partial charge in [0.2, 0.25) is 5.82 Å². The normalized spacial score (nSPS) is 20.2. The van der Waals surface area contributed by atoms with Crippen molar-refractivity contribution in [1.29, 1.82) is 0 Å². The number of fused-ring (bicyclic) bond motifs is 4. The highest BCUT2D eigenvalue weighted by Gasteiger charge is 2.45. The molecule has 140 valence electrons. The van der Waals surface area contributed by atoms with E-state index in [0.29, 0.717) is 22.5 Å². The highest BCUT2D eigenvalue weighted by Crippen LogP contribution is 2.40. The number of hydrogen-bond acceptors (Lipinski definition) is 6. The Bertz CT molecular complexity index is 1170. The minimum atomic E-state index is -4.38. The fourth-order valence-electron chi connectivity index (χ4n) is 3.41. The molecule has 0 aliphatic carbocycles. The number of rotatable bonds is 1. The molecule has 0 bridgehead atoms. The Balaban J connectivity index is 1.65. The van der Waals surface area contributed by atoms with Gasteiger partial charge >= 0.3 is 6.18 Å². The summed E-state index contributed by atoms with van der Waals surface area (Å²) in [5, 5.41) is 16.3. The van der Waals surface area contributed by atoms with E-state index in [1.807, 2.05) is 0 Å². The summed E-state index contributed by atoms with van der Waals surface area (Å²) in [6.45, 7) is 1.71. The zero-order valence-corrected chi connectivity index (χ0v) is 14.3. The zero-order chi connectivity index (χ0) is 18.9. The van der Waals surface area contributed by atoms with Crippen LogP contribution in [0, 0.1) is 0 Å². The Morgan fingerprint density at radius 3 is 2.81 bits per heavy atom. The minimum Gasteiger partial charge on any atom is -0.368 e. The molecule has 0 saturated carbocycles. The van der Waals surface area contributed by atoms with Crippen LogP contribution in [0.3, 0.4) is 0 Å². The lowest BCUT2D eigenvalue weighted by Gasteiger charge is -2.31. The second-order valence-corrected chi connectivity index (χ2v) is 6.65. The van der Waals surface area contributed by atoms with Crippen molar-refractivity contribution in [3.05, 3.63) is 18.6 Å². The van der Waals surface area contributed by atoms with E-state index >= 15 is 0 Å². The van der Waals surface area contributed by atoms with Crippen LogP contribution in [0.15, 0.2) is 18.6 Å². The van der Waals surface area contributed by atoms with E-state index in [1.54, 1.807) is 24.9 Å². The molecule has 2 atom stereocenters. The number of aromatic nitrogens is 8. The summed E-state index contributed by atoms with van der Waals surface area (Å²) >= 11 is 0. The fourth-order valence-corrected chi connectivity index (χ4v) is 3.41. The standard InChI is InChI=1S/C15H14F3N9/c1-7-3-10(15(16,17)18)27-11(21-7)4-9(23-27)12-22-14-8-5-20-25(2)13(8)19-6-26(14)24-12/h4-7,10,21H,3H2,1-2H3/t7-,10+/m1/s1. The van der Waals surface area contributed by atoms with Crippen molar-refractivity contribution in [2.45, 2.75) is 31.6 Å². The first kappa shape index (κ1) is 16.0. The molecule has 5 heterocycles. The van der Waals surface area contributed by atoms with Crippen LogP contribution in [0.4, 0.5) is 19.0 Å². The van der Waals surface area contributed by atoms with Gasteiger partial charge in [-0.2, -0.15) is 23.4 Å². The second kappa shape index (κ2) is 5.18. The molecule has 1 N–H and O–H groups in total. The van der Waals surface area contributed by atoms with Gasteiger partial charge in [0.25, 0.3) is 0 Å². The molecule has 5 rings (SSSR count). The summed E-state index contributed by atoms with van der Waals surface area (Å²) in [6.07, 6.45) is -1.36. The Hall–Kier alpha value is -3.18. The summed E-state index contributed by atoms with van der Waals surface area (Å²) in [6, 6.07) is -0.458. The van der Waals surface area contributed by atoms with Crippen molar-refractivity contribution in [3.63, 3.8) is 0 Å². The van der Waals surface area contributed by atoms with Crippen molar-refractivity contribution in [2.24, 2.45) is 7.05 Å². The van der Waals surface area contributed by atoms with Crippen molar-refractivity contribution in [1.82, 2.24) is 39.1 Å². The van der Waals surface area contributed by atoms with E-state index in [1.165, 1.54) is 16.9 Å². The van der Waals surface area contributed by atoms with E-state index in [-0.39, 0.29) is 24.0 Å². The van der Waals surface area contributed by atoms with E-state index in [2.05, 4.69) is 30.6 Å². The predicted molar refractivity (Wildman–Crippen MR) is 89.1 cm³/mol. The molecular weight excluding hydrogens is 363 g/mol. The van der Waals surface area contributed by atoms with Crippen LogP contribution in [-0.2, 0) is 7.05 Å². The highest BCUT2D eigenvalue weighted by molar-refractivity contribution is 5.88. The molecule has 0 amide bonds. The van der Waals surface area contributed by atoms with Crippen molar-refractivity contribution < 1.29 is 13.2 Å². The molecule has 12 heteroatoms. The van der Waals surface area contributed by atoms with Crippen LogP contribution in [0.5, 0.6) is 0 Å². The van der Waals surface area contributed by atoms with E-state index in [4.69, 9.17) is 0 Å². The molecular formula is C15H14F3N9. The van der Waals surface area contributed by atoms with Gasteiger partial charge < -0.3 is 5.32 Å². The monoisotopic (exact) mass is 377 g/mol. The maximum atomic E-state index is 13.4. The van der Waals surface area contributed by atoms with Gasteiger partial charge in [-0.3, -0.25) is 4.68 Å². The lowest BCUT2D eigenvalue weighted by molar-refractivity contribution is -0.173. The summed E-state index contributed by atoms with van der Waals surface area (Å²) in [7, 11) is 1.76. The van der Waals surface area contributed by atoms with Crippen molar-refractivity contribution in [3.8, 4) is 11.5 Å². The third-order valence-corrected chi connectivity index (χ3v) is 4.68. The Morgan fingerprint density at radius 1 is 1.22 bits per heavy atom. The van der Waals surface area contributed by atoms with Gasteiger partial charge in [0.1, 0.15) is 17.8 Å². The smallest absolute Gasteiger partial charge is 0.368 e. The molecule has 0 fully saturated rings. The molecule has 1 aliphatic rings. The number of hydrogen-bond donors (Lipinski definition) is 1. The van der Waals surface area contributed by atoms with Crippen LogP contribution in [0.1, 0.15) is 19.4 Å². The largest absolute Gasteiger partial charge is 0.410 e. The van der Waals surface area contributed by atoms with Crippen LogP contribution >= 0.6 is 0 Å². The van der Waals surface area contributed by atoms with Gasteiger partial charge in [-0.15, -0.1) is 5.10 Å². The molecule has 0 aromatic carbocycles. The first-order chi connectivity index (χ1) is 12.8. The third kappa shape index (κ3) is 2.35. The van der Waals surface area contributed by atoms with Gasteiger partial charge in [-0.05, 0) is 13.3 Å². The topological polar surface area (TPSA) is 90.8 Å². The SMILES string of the molecule is C[C@@H]1C[C@@H](C(F)(F)F)n2nc(-c3nc4c5cnn(C)c5ncn4n3)cc2N1. The van der Waals surface area contributed by atoms with Gasteiger partial charge in [0.05, 0.1) is 11.6 Å². The average Bonchev–Trinajstić information content (AvgIpc) is 3.28. The molecule has 0 unspecified atom stereocenters. The summed E-state index contributed by atoms with van der Waals surface area (Å²) in [5.41, 5.74) is 1.42. The van der Waals surface area contributed by atoms with Crippen molar-refractivity contribution >= 4 is 22.5 Å². The van der Waals surface area contributed by atoms with Gasteiger partial charge in [-0.25, -0.2) is 19.2 Å². The Morgan fingerprint density at radius 2 is 2.04 bits per heavy atom. The number of halogens is 3. The lowest BCUT2D eigenvalue weighted by Crippen LogP contribution is -2.37. The Labute approximate surface area is 149 Å². The van der Waals surface area contributed by atoms with Gasteiger partial charge in [-0.1, -0.05) is 0 Å². The Kier molecular flexibility index (Phi) is 3.07. The van der Waals surface area contributed by atoms with E-state index in [0.717, 1.165) is 4.68 Å². The average molecular weight is 377 g/mol. The molecule has 4 aromatic rings. The third-order valence-electron chi connectivity index (χ3n) is 4.68. The maximum Gasteiger partial charge on any atom is 0.410 e. The molecule has 0 radical (unpaired) electrons. The molecule has 0 spiro atoms. The summed E-state index contributed by atoms with van der Waals surface area (Å²) in [4.78, 5) is 8.72. The first-order valence-electron chi connectivity index (χ1n) is 8.27. The molecule has 27 heavy (non-hydrogen) atoms. The van der Waals surface area contributed by atoms with E-state index in [9.17, 15) is 13.2 Å². The first-order valence-corrected chi connectivity index (χ1v) is 8.27. The molecule has 1 aliphatic heterocycles. The second-order valence-electron chi connectivity index (χ2n) is 6.65. The van der Waals surface area contributed by atoms with Crippen molar-refractivity contribution in [2.75, 3.05) is 5.32 Å². The number of anilines is 1. The summed E-state index contributed by atoms with van der Waals surface area (Å²) in [5.74, 6) is 0.528. The number of nitrogens with zero attached hydrogens (tertiary/aromatic N) is 8. The van der Waals surface area contributed by atoms with E-state index < -0.39 is 12.2 Å². The quantitative estimate of drug-likeness (QED) is 0.547. The number of nitrogens with one attached hydrogen (secondary N) is 1. The predicted octanol–water partition coefficient (Wildman–Crippen LogP) is 2.18. The van der Waals surface area contributed by atoms with Crippen LogP contribution < -0.4 is 5.32 Å². The van der Waals surface area contributed by atoms with Crippen LogP contribution in [0.25, 0.3) is 28.2 Å². The molecule has 9 nitrogen and oxygen atoms in total.